The van der Waals surface area contributed by atoms with Crippen LogP contribution in [0.4, 0.5) is 5.82 Å². The van der Waals surface area contributed by atoms with Gasteiger partial charge in [-0.1, -0.05) is 0 Å². The summed E-state index contributed by atoms with van der Waals surface area (Å²) in [5.41, 5.74) is 6.61. The first-order valence-corrected chi connectivity index (χ1v) is 4.62. The predicted octanol–water partition coefficient (Wildman–Crippen LogP) is 0.858. The highest BCUT2D eigenvalue weighted by atomic mass is 15.2. The van der Waals surface area contributed by atoms with E-state index in [1.54, 1.807) is 12.7 Å². The summed E-state index contributed by atoms with van der Waals surface area (Å²) in [4.78, 5) is 8.52. The molecule has 2 rings (SSSR count). The minimum absolute atomic E-state index is 0.0189. The van der Waals surface area contributed by atoms with Crippen LogP contribution < -0.4 is 11.1 Å². The molecule has 1 unspecified atom stereocenters. The van der Waals surface area contributed by atoms with Crippen molar-refractivity contribution in [1.82, 2.24) is 14.9 Å². The minimum atomic E-state index is -0.244. The van der Waals surface area contributed by atoms with Crippen molar-refractivity contribution in [2.45, 2.75) is 32.5 Å². The van der Waals surface area contributed by atoms with Gasteiger partial charge in [0.15, 0.2) is 5.82 Å². The van der Waals surface area contributed by atoms with Crippen molar-refractivity contribution in [2.24, 2.45) is 10.7 Å². The van der Waals surface area contributed by atoms with Gasteiger partial charge in [-0.05, 0) is 20.8 Å². The Bertz CT molecular complexity index is 371. The first-order chi connectivity index (χ1) is 6.50. The molecule has 1 aliphatic rings. The Kier molecular flexibility index (Phi) is 1.85. The van der Waals surface area contributed by atoms with Gasteiger partial charge in [0.05, 0.1) is 12.7 Å². The maximum Gasteiger partial charge on any atom is 0.161 e. The predicted molar refractivity (Wildman–Crippen MR) is 55.4 cm³/mol. The zero-order valence-electron chi connectivity index (χ0n) is 8.65. The summed E-state index contributed by atoms with van der Waals surface area (Å²) in [7, 11) is 0. The van der Waals surface area contributed by atoms with Gasteiger partial charge in [-0.15, -0.1) is 0 Å². The highest BCUT2D eigenvalue weighted by Crippen LogP contribution is 2.29. The summed E-state index contributed by atoms with van der Waals surface area (Å²) in [6.07, 6.45) is 3.16. The summed E-state index contributed by atoms with van der Waals surface area (Å²) in [6, 6.07) is 0. The Hall–Kier alpha value is -1.36. The topological polar surface area (TPSA) is 68.2 Å². The average molecular weight is 193 g/mol. The van der Waals surface area contributed by atoms with Crippen LogP contribution >= 0.6 is 0 Å². The molecule has 76 valence electrons. The van der Waals surface area contributed by atoms with Crippen LogP contribution in [0.15, 0.2) is 11.3 Å². The van der Waals surface area contributed by atoms with Gasteiger partial charge in [-0.2, -0.15) is 0 Å². The summed E-state index contributed by atoms with van der Waals surface area (Å²) in [6.45, 7) is 6.33. The molecule has 0 fully saturated rings. The molecule has 14 heavy (non-hydrogen) atoms. The second kappa shape index (κ2) is 2.81. The number of nitrogens with two attached hydrogens (primary N) is 1. The lowest BCUT2D eigenvalue weighted by Crippen LogP contribution is -2.31. The molecule has 5 nitrogen and oxygen atoms in total. The SMILES string of the molecule is CC(C)(C)n1cnc2c1N=CNC2N. The second-order valence-electron chi connectivity index (χ2n) is 4.40. The molecular formula is C9H15N5. The quantitative estimate of drug-likeness (QED) is 0.642. The number of fused-ring (bicyclic) bond motifs is 1. The molecule has 3 N–H and O–H groups in total. The highest BCUT2D eigenvalue weighted by Gasteiger charge is 2.24. The van der Waals surface area contributed by atoms with E-state index < -0.39 is 0 Å². The fourth-order valence-corrected chi connectivity index (χ4v) is 1.45. The summed E-state index contributed by atoms with van der Waals surface area (Å²) in [5.74, 6) is 0.851. The van der Waals surface area contributed by atoms with E-state index in [2.05, 4.69) is 36.1 Å². The molecule has 1 aromatic heterocycles. The third kappa shape index (κ3) is 1.29. The van der Waals surface area contributed by atoms with Gasteiger partial charge in [0, 0.05) is 5.54 Å². The Labute approximate surface area is 83.0 Å². The van der Waals surface area contributed by atoms with Gasteiger partial charge < -0.3 is 15.6 Å². The van der Waals surface area contributed by atoms with Crippen LogP contribution in [0, 0.1) is 0 Å². The number of nitrogens with zero attached hydrogens (tertiary/aromatic N) is 3. The first-order valence-electron chi connectivity index (χ1n) is 4.62. The number of aromatic nitrogens is 2. The molecule has 0 aliphatic carbocycles. The molecule has 1 aliphatic heterocycles. The summed E-state index contributed by atoms with van der Waals surface area (Å²) < 4.78 is 2.03. The Morgan fingerprint density at radius 3 is 2.86 bits per heavy atom. The zero-order chi connectivity index (χ0) is 10.3. The van der Waals surface area contributed by atoms with Gasteiger partial charge in [-0.25, -0.2) is 9.98 Å². The van der Waals surface area contributed by atoms with Crippen LogP contribution in [0.5, 0.6) is 0 Å². The summed E-state index contributed by atoms with van der Waals surface area (Å²) >= 11 is 0. The lowest BCUT2D eigenvalue weighted by atomic mass is 10.1. The summed E-state index contributed by atoms with van der Waals surface area (Å²) in [5, 5.41) is 2.91. The molecule has 1 atom stereocenters. The fourth-order valence-electron chi connectivity index (χ4n) is 1.45. The number of imidazole rings is 1. The second-order valence-corrected chi connectivity index (χ2v) is 4.40. The molecule has 0 radical (unpaired) electrons. The zero-order valence-corrected chi connectivity index (χ0v) is 8.65. The van der Waals surface area contributed by atoms with E-state index in [0.717, 1.165) is 11.5 Å². The van der Waals surface area contributed by atoms with Crippen molar-refractivity contribution in [1.29, 1.82) is 0 Å². The molecule has 0 saturated heterocycles. The molecule has 0 spiro atoms. The van der Waals surface area contributed by atoms with Gasteiger partial charge in [0.2, 0.25) is 0 Å². The smallest absolute Gasteiger partial charge is 0.161 e. The van der Waals surface area contributed by atoms with Crippen molar-refractivity contribution in [3.8, 4) is 0 Å². The molecule has 0 saturated carbocycles. The van der Waals surface area contributed by atoms with E-state index in [1.807, 2.05) is 4.57 Å². The van der Waals surface area contributed by atoms with Crippen LogP contribution in [0.2, 0.25) is 0 Å². The Morgan fingerprint density at radius 1 is 1.50 bits per heavy atom. The molecule has 0 amide bonds. The van der Waals surface area contributed by atoms with Gasteiger partial charge >= 0.3 is 0 Å². The number of hydrogen-bond acceptors (Lipinski definition) is 4. The number of rotatable bonds is 0. The largest absolute Gasteiger partial charge is 0.356 e. The van der Waals surface area contributed by atoms with Gasteiger partial charge in [0.1, 0.15) is 11.9 Å². The molecule has 0 aromatic carbocycles. The van der Waals surface area contributed by atoms with Crippen molar-refractivity contribution in [3.63, 3.8) is 0 Å². The maximum atomic E-state index is 5.82. The van der Waals surface area contributed by atoms with Crippen LogP contribution in [0.1, 0.15) is 32.6 Å². The highest BCUT2D eigenvalue weighted by molar-refractivity contribution is 5.65. The van der Waals surface area contributed by atoms with E-state index in [1.165, 1.54) is 0 Å². The first kappa shape index (κ1) is 9.21. The molecule has 2 heterocycles. The van der Waals surface area contributed by atoms with Crippen molar-refractivity contribution < 1.29 is 0 Å². The van der Waals surface area contributed by atoms with E-state index in [0.29, 0.717) is 0 Å². The fraction of sp³-hybridized carbons (Fsp3) is 0.556. The van der Waals surface area contributed by atoms with Crippen molar-refractivity contribution in [2.75, 3.05) is 0 Å². The third-order valence-corrected chi connectivity index (χ3v) is 2.23. The monoisotopic (exact) mass is 193 g/mol. The van der Waals surface area contributed by atoms with E-state index in [-0.39, 0.29) is 11.7 Å². The number of hydrogen-bond donors (Lipinski definition) is 2. The molecule has 1 aromatic rings. The lowest BCUT2D eigenvalue weighted by Gasteiger charge is -2.24. The Balaban J connectivity index is 2.53. The number of nitrogens with one attached hydrogen (secondary N) is 1. The van der Waals surface area contributed by atoms with Crippen molar-refractivity contribution in [3.05, 3.63) is 12.0 Å². The van der Waals surface area contributed by atoms with Crippen molar-refractivity contribution >= 4 is 12.2 Å². The molecular weight excluding hydrogens is 178 g/mol. The average Bonchev–Trinajstić information content (AvgIpc) is 2.47. The van der Waals surface area contributed by atoms with E-state index >= 15 is 0 Å². The lowest BCUT2D eigenvalue weighted by molar-refractivity contribution is 0.399. The minimum Gasteiger partial charge on any atom is -0.356 e. The van der Waals surface area contributed by atoms with Crippen LogP contribution in [0.25, 0.3) is 0 Å². The van der Waals surface area contributed by atoms with Crippen LogP contribution in [-0.2, 0) is 5.54 Å². The number of aliphatic imine (C=N–C) groups is 1. The molecule has 5 heteroatoms. The van der Waals surface area contributed by atoms with Gasteiger partial charge in [0.25, 0.3) is 0 Å². The molecule has 0 bridgehead atoms. The Morgan fingerprint density at radius 2 is 2.21 bits per heavy atom. The van der Waals surface area contributed by atoms with Crippen LogP contribution in [-0.4, -0.2) is 15.9 Å². The normalized spacial score (nSPS) is 20.4. The van der Waals surface area contributed by atoms with Crippen LogP contribution in [0.3, 0.4) is 0 Å². The maximum absolute atomic E-state index is 5.82. The third-order valence-electron chi connectivity index (χ3n) is 2.23. The van der Waals surface area contributed by atoms with E-state index in [9.17, 15) is 0 Å². The van der Waals surface area contributed by atoms with Gasteiger partial charge in [-0.3, -0.25) is 0 Å². The standard InChI is InChI=1S/C9H15N5/c1-9(2,3)14-5-13-6-7(10)11-4-12-8(6)14/h4-5,7H,10H2,1-3H3,(H,11,12). The van der Waals surface area contributed by atoms with E-state index in [4.69, 9.17) is 5.73 Å².